The number of aromatic amines is 1. The van der Waals surface area contributed by atoms with Gasteiger partial charge in [-0.3, -0.25) is 14.5 Å². The van der Waals surface area contributed by atoms with E-state index in [-0.39, 0.29) is 35.8 Å². The van der Waals surface area contributed by atoms with E-state index in [0.717, 1.165) is 31.6 Å². The van der Waals surface area contributed by atoms with Crippen LogP contribution in [-0.4, -0.2) is 70.8 Å². The number of aromatic nitrogens is 3. The van der Waals surface area contributed by atoms with Crippen LogP contribution in [-0.2, 0) is 17.8 Å². The minimum atomic E-state index is -0.368. The highest BCUT2D eigenvalue weighted by atomic mass is 19.1. The summed E-state index contributed by atoms with van der Waals surface area (Å²) < 4.78 is 24.2. The Bertz CT molecular complexity index is 1260. The van der Waals surface area contributed by atoms with Gasteiger partial charge < -0.3 is 19.4 Å². The van der Waals surface area contributed by atoms with Crippen molar-refractivity contribution in [2.24, 2.45) is 0 Å². The molecule has 0 aliphatic carbocycles. The van der Waals surface area contributed by atoms with Gasteiger partial charge >= 0.3 is 0 Å². The lowest BCUT2D eigenvalue weighted by Gasteiger charge is -2.34. The number of benzene rings is 2. The average Bonchev–Trinajstić information content (AvgIpc) is 2.92. The third-order valence-electron chi connectivity index (χ3n) is 6.28. The van der Waals surface area contributed by atoms with E-state index in [4.69, 9.17) is 9.47 Å². The summed E-state index contributed by atoms with van der Waals surface area (Å²) in [6.45, 7) is 6.02. The Morgan fingerprint density at radius 2 is 1.81 bits per heavy atom. The summed E-state index contributed by atoms with van der Waals surface area (Å²) in [4.78, 5) is 32.2. The van der Waals surface area contributed by atoms with E-state index in [2.05, 4.69) is 20.1 Å². The molecule has 1 fully saturated rings. The zero-order valence-corrected chi connectivity index (χ0v) is 21.2. The molecule has 0 spiro atoms. The molecular formula is C27H32FN5O4. The zero-order valence-electron chi connectivity index (χ0n) is 21.2. The van der Waals surface area contributed by atoms with Crippen LogP contribution in [0.3, 0.4) is 0 Å². The van der Waals surface area contributed by atoms with Crippen molar-refractivity contribution in [3.8, 4) is 22.9 Å². The summed E-state index contributed by atoms with van der Waals surface area (Å²) in [5.74, 6) is 1.22. The quantitative estimate of drug-likeness (QED) is 0.448. The van der Waals surface area contributed by atoms with Crippen molar-refractivity contribution in [2.45, 2.75) is 32.7 Å². The highest BCUT2D eigenvalue weighted by Gasteiger charge is 2.21. The smallest absolute Gasteiger partial charge is 0.273 e. The number of rotatable bonds is 10. The molecule has 0 bridgehead atoms. The van der Waals surface area contributed by atoms with Crippen LogP contribution >= 0.6 is 0 Å². The van der Waals surface area contributed by atoms with Crippen molar-refractivity contribution in [2.75, 3.05) is 39.9 Å². The van der Waals surface area contributed by atoms with Gasteiger partial charge in [-0.2, -0.15) is 0 Å². The van der Waals surface area contributed by atoms with Crippen LogP contribution in [0, 0.1) is 5.82 Å². The Balaban J connectivity index is 1.30. The molecule has 1 aromatic heterocycles. The van der Waals surface area contributed by atoms with E-state index in [1.807, 2.05) is 11.8 Å². The topological polar surface area (TPSA) is 101 Å². The maximum absolute atomic E-state index is 13.1. The lowest BCUT2D eigenvalue weighted by atomic mass is 10.1. The van der Waals surface area contributed by atoms with Crippen LogP contribution in [0.25, 0.3) is 11.4 Å². The summed E-state index contributed by atoms with van der Waals surface area (Å²) in [5.41, 5.74) is 1.54. The first kappa shape index (κ1) is 26.3. The van der Waals surface area contributed by atoms with Gasteiger partial charge in [-0.1, -0.05) is 19.1 Å². The van der Waals surface area contributed by atoms with Gasteiger partial charge in [0.1, 0.15) is 11.5 Å². The third-order valence-corrected chi connectivity index (χ3v) is 6.28. The van der Waals surface area contributed by atoms with Crippen molar-refractivity contribution < 1.29 is 18.7 Å². The van der Waals surface area contributed by atoms with Crippen molar-refractivity contribution in [1.82, 2.24) is 25.0 Å². The van der Waals surface area contributed by atoms with Crippen LogP contribution in [0.15, 0.2) is 47.3 Å². The Morgan fingerprint density at radius 1 is 1.05 bits per heavy atom. The maximum Gasteiger partial charge on any atom is 0.273 e. The molecule has 0 unspecified atom stereocenters. The Labute approximate surface area is 215 Å². The van der Waals surface area contributed by atoms with Crippen LogP contribution in [0.5, 0.6) is 11.5 Å². The lowest BCUT2D eigenvalue weighted by Crippen LogP contribution is -2.48. The van der Waals surface area contributed by atoms with Crippen LogP contribution in [0.4, 0.5) is 4.39 Å². The molecule has 10 heteroatoms. The SMILES string of the molecule is CCCOc1ccc(-c2nnc(CCC(=O)N3CCN(Cc4ccc(F)cc4)CC3)c(=O)[nH]2)cc1OC. The molecule has 3 aromatic rings. The molecule has 0 radical (unpaired) electrons. The molecule has 1 saturated heterocycles. The first-order chi connectivity index (χ1) is 18.0. The van der Waals surface area contributed by atoms with Crippen LogP contribution in [0.2, 0.25) is 0 Å². The molecule has 1 aliphatic rings. The fraction of sp³-hybridized carbons (Fsp3) is 0.407. The molecule has 1 N–H and O–H groups in total. The molecule has 0 atom stereocenters. The number of nitrogens with one attached hydrogen (secondary N) is 1. The number of H-pyrrole nitrogens is 1. The third kappa shape index (κ3) is 6.91. The molecular weight excluding hydrogens is 477 g/mol. The summed E-state index contributed by atoms with van der Waals surface area (Å²) in [7, 11) is 1.55. The van der Waals surface area contributed by atoms with Gasteiger partial charge in [0.25, 0.3) is 5.56 Å². The number of methoxy groups -OCH3 is 1. The van der Waals surface area contributed by atoms with Gasteiger partial charge in [0, 0.05) is 51.1 Å². The van der Waals surface area contributed by atoms with Crippen molar-refractivity contribution >= 4 is 5.91 Å². The molecule has 1 amide bonds. The minimum absolute atomic E-state index is 0.0147. The number of hydrogen-bond donors (Lipinski definition) is 1. The molecule has 4 rings (SSSR count). The number of piperazine rings is 1. The van der Waals surface area contributed by atoms with Gasteiger partial charge in [-0.15, -0.1) is 10.2 Å². The van der Waals surface area contributed by atoms with Gasteiger partial charge in [-0.05, 0) is 42.3 Å². The molecule has 9 nitrogen and oxygen atoms in total. The van der Waals surface area contributed by atoms with Crippen LogP contribution < -0.4 is 15.0 Å². The van der Waals surface area contributed by atoms with E-state index >= 15 is 0 Å². The van der Waals surface area contributed by atoms with Crippen molar-refractivity contribution in [3.63, 3.8) is 0 Å². The number of halogens is 1. The predicted octanol–water partition coefficient (Wildman–Crippen LogP) is 3.05. The monoisotopic (exact) mass is 509 g/mol. The van der Waals surface area contributed by atoms with Gasteiger partial charge in [-0.25, -0.2) is 4.39 Å². The summed E-state index contributed by atoms with van der Waals surface area (Å²) >= 11 is 0. The largest absolute Gasteiger partial charge is 0.493 e. The normalized spacial score (nSPS) is 14.0. The molecule has 0 saturated carbocycles. The highest BCUT2D eigenvalue weighted by molar-refractivity contribution is 5.76. The highest BCUT2D eigenvalue weighted by Crippen LogP contribution is 2.31. The number of ether oxygens (including phenoxy) is 2. The maximum atomic E-state index is 13.1. The first-order valence-electron chi connectivity index (χ1n) is 12.5. The number of carbonyl (C=O) groups is 1. The predicted molar refractivity (Wildman–Crippen MR) is 137 cm³/mol. The van der Waals surface area contributed by atoms with Crippen molar-refractivity contribution in [1.29, 1.82) is 0 Å². The molecule has 1 aliphatic heterocycles. The first-order valence-corrected chi connectivity index (χ1v) is 12.5. The number of aryl methyl sites for hydroxylation is 1. The zero-order chi connectivity index (χ0) is 26.2. The lowest BCUT2D eigenvalue weighted by molar-refractivity contribution is -0.133. The average molecular weight is 510 g/mol. The second-order valence-corrected chi connectivity index (χ2v) is 8.95. The second-order valence-electron chi connectivity index (χ2n) is 8.95. The van der Waals surface area contributed by atoms with E-state index < -0.39 is 0 Å². The number of nitrogens with zero attached hydrogens (tertiary/aromatic N) is 4. The number of hydrogen-bond acceptors (Lipinski definition) is 7. The Morgan fingerprint density at radius 3 is 2.49 bits per heavy atom. The van der Waals surface area contributed by atoms with Crippen molar-refractivity contribution in [3.05, 3.63) is 69.9 Å². The standard InChI is InChI=1S/C27H32FN5O4/c1-3-16-37-23-10-6-20(17-24(23)36-2)26-29-27(35)22(30-31-26)9-11-25(34)33-14-12-32(13-15-33)18-19-4-7-21(28)8-5-19/h4-8,10,17H,3,9,11-16,18H2,1-2H3,(H,29,31,35). The molecule has 37 heavy (non-hydrogen) atoms. The number of carbonyl (C=O) groups excluding carboxylic acids is 1. The van der Waals surface area contributed by atoms with Gasteiger partial charge in [0.05, 0.1) is 13.7 Å². The van der Waals surface area contributed by atoms with E-state index in [1.54, 1.807) is 37.4 Å². The Hall–Kier alpha value is -3.79. The number of amides is 1. The minimum Gasteiger partial charge on any atom is -0.493 e. The van der Waals surface area contributed by atoms with E-state index in [0.29, 0.717) is 42.6 Å². The van der Waals surface area contributed by atoms with E-state index in [1.165, 1.54) is 12.1 Å². The van der Waals surface area contributed by atoms with Gasteiger partial charge in [0.2, 0.25) is 5.91 Å². The fourth-order valence-electron chi connectivity index (χ4n) is 4.19. The van der Waals surface area contributed by atoms with Crippen LogP contribution in [0.1, 0.15) is 31.0 Å². The second kappa shape index (κ2) is 12.4. The Kier molecular flexibility index (Phi) is 8.84. The fourth-order valence-corrected chi connectivity index (χ4v) is 4.19. The van der Waals surface area contributed by atoms with Gasteiger partial charge in [0.15, 0.2) is 17.3 Å². The molecule has 2 heterocycles. The molecule has 2 aromatic carbocycles. The molecule has 196 valence electrons. The summed E-state index contributed by atoms with van der Waals surface area (Å²) in [6, 6.07) is 11.8. The summed E-state index contributed by atoms with van der Waals surface area (Å²) in [6.07, 6.45) is 1.28. The van der Waals surface area contributed by atoms with E-state index in [9.17, 15) is 14.0 Å². The summed E-state index contributed by atoms with van der Waals surface area (Å²) in [5, 5.41) is 8.26.